The summed E-state index contributed by atoms with van der Waals surface area (Å²) in [5.41, 5.74) is -0.272. The van der Waals surface area contributed by atoms with Gasteiger partial charge in [0.05, 0.1) is 0 Å². The number of ether oxygens (including phenoxy) is 1. The molecule has 2 bridgehead atoms. The standard InChI is InChI=1S/C16H25NO3/c1-14(2,3)20-13(19)17-16-9-6-15(7-10-16,8-11-16)5-4-12-18/h4H,5-11H2,1-3H3,(H,17,19). The molecule has 3 aliphatic rings. The fourth-order valence-corrected chi connectivity index (χ4v) is 3.54. The van der Waals surface area contributed by atoms with E-state index in [-0.39, 0.29) is 17.0 Å². The molecule has 0 aliphatic heterocycles. The van der Waals surface area contributed by atoms with Crippen LogP contribution in [-0.2, 0) is 9.53 Å². The van der Waals surface area contributed by atoms with Crippen molar-refractivity contribution in [2.75, 3.05) is 0 Å². The second-order valence-corrected chi connectivity index (χ2v) is 7.43. The van der Waals surface area contributed by atoms with Crippen molar-refractivity contribution in [1.82, 2.24) is 5.32 Å². The SMILES string of the molecule is CC(C)(C)OC(=O)NC12CCC(CC=C=O)(CC1)CC2. The molecule has 3 saturated carbocycles. The van der Waals surface area contributed by atoms with Gasteiger partial charge in [0.2, 0.25) is 0 Å². The fourth-order valence-electron chi connectivity index (χ4n) is 3.54. The molecule has 3 fully saturated rings. The first-order valence-electron chi connectivity index (χ1n) is 7.49. The lowest BCUT2D eigenvalue weighted by molar-refractivity contribution is 0.00569. The summed E-state index contributed by atoms with van der Waals surface area (Å²) in [6.45, 7) is 5.63. The predicted octanol–water partition coefficient (Wildman–Crippen LogP) is 3.38. The van der Waals surface area contributed by atoms with E-state index >= 15 is 0 Å². The average molecular weight is 279 g/mol. The number of amides is 1. The summed E-state index contributed by atoms with van der Waals surface area (Å²) in [7, 11) is 0. The average Bonchev–Trinajstić information content (AvgIpc) is 2.36. The Labute approximate surface area is 120 Å². The molecule has 4 nitrogen and oxygen atoms in total. The highest BCUT2D eigenvalue weighted by molar-refractivity contribution is 5.69. The van der Waals surface area contributed by atoms with Crippen LogP contribution in [-0.4, -0.2) is 23.2 Å². The summed E-state index contributed by atoms with van der Waals surface area (Å²) < 4.78 is 5.37. The van der Waals surface area contributed by atoms with Gasteiger partial charge in [-0.3, -0.25) is 0 Å². The van der Waals surface area contributed by atoms with Gasteiger partial charge in [-0.2, -0.15) is 0 Å². The zero-order chi connectivity index (χ0) is 14.9. The lowest BCUT2D eigenvalue weighted by Gasteiger charge is -2.53. The molecular weight excluding hydrogens is 254 g/mol. The molecule has 1 N–H and O–H groups in total. The van der Waals surface area contributed by atoms with Gasteiger partial charge in [0.1, 0.15) is 11.5 Å². The van der Waals surface area contributed by atoms with Crippen LogP contribution in [0.1, 0.15) is 65.7 Å². The van der Waals surface area contributed by atoms with E-state index in [4.69, 9.17) is 4.74 Å². The second-order valence-electron chi connectivity index (χ2n) is 7.43. The van der Waals surface area contributed by atoms with Crippen LogP contribution in [0.3, 0.4) is 0 Å². The number of rotatable bonds is 3. The summed E-state index contributed by atoms with van der Waals surface area (Å²) in [6, 6.07) is 0. The molecule has 0 aromatic rings. The minimum atomic E-state index is -0.456. The Morgan fingerprint density at radius 2 is 1.75 bits per heavy atom. The van der Waals surface area contributed by atoms with Crippen molar-refractivity contribution < 1.29 is 14.3 Å². The maximum Gasteiger partial charge on any atom is 0.408 e. The van der Waals surface area contributed by atoms with Crippen LogP contribution < -0.4 is 5.32 Å². The smallest absolute Gasteiger partial charge is 0.408 e. The Hall–Kier alpha value is -1.28. The van der Waals surface area contributed by atoms with Crippen LogP contribution in [0.4, 0.5) is 4.79 Å². The molecular formula is C16H25NO3. The van der Waals surface area contributed by atoms with Crippen molar-refractivity contribution in [2.24, 2.45) is 5.41 Å². The van der Waals surface area contributed by atoms with Crippen molar-refractivity contribution in [3.05, 3.63) is 6.08 Å². The maximum atomic E-state index is 12.0. The quantitative estimate of drug-likeness (QED) is 0.806. The molecule has 4 heteroatoms. The van der Waals surface area contributed by atoms with Crippen molar-refractivity contribution in [2.45, 2.75) is 76.9 Å². The Balaban J connectivity index is 1.93. The van der Waals surface area contributed by atoms with Gasteiger partial charge in [-0.1, -0.05) is 0 Å². The van der Waals surface area contributed by atoms with E-state index in [0.29, 0.717) is 0 Å². The van der Waals surface area contributed by atoms with Crippen molar-refractivity contribution >= 4 is 12.0 Å². The highest BCUT2D eigenvalue weighted by Gasteiger charge is 2.49. The van der Waals surface area contributed by atoms with Gasteiger partial charge < -0.3 is 10.1 Å². The molecule has 0 aromatic carbocycles. The van der Waals surface area contributed by atoms with Gasteiger partial charge in [0, 0.05) is 11.6 Å². The van der Waals surface area contributed by atoms with Gasteiger partial charge in [0.25, 0.3) is 0 Å². The van der Waals surface area contributed by atoms with E-state index in [0.717, 1.165) is 44.9 Å². The minimum Gasteiger partial charge on any atom is -0.444 e. The lowest BCUT2D eigenvalue weighted by Crippen LogP contribution is -2.57. The van der Waals surface area contributed by atoms with Crippen LogP contribution in [0.5, 0.6) is 0 Å². The molecule has 3 rings (SSSR count). The van der Waals surface area contributed by atoms with E-state index in [1.807, 2.05) is 26.7 Å². The third-order valence-corrected chi connectivity index (χ3v) is 4.79. The van der Waals surface area contributed by atoms with E-state index in [2.05, 4.69) is 5.32 Å². The fraction of sp³-hybridized carbons (Fsp3) is 0.812. The van der Waals surface area contributed by atoms with Crippen LogP contribution in [0, 0.1) is 5.41 Å². The van der Waals surface area contributed by atoms with E-state index < -0.39 is 5.60 Å². The topological polar surface area (TPSA) is 55.4 Å². The normalized spacial score (nSPS) is 32.4. The first kappa shape index (κ1) is 15.1. The second kappa shape index (κ2) is 5.25. The van der Waals surface area contributed by atoms with E-state index in [9.17, 15) is 9.59 Å². The lowest BCUT2D eigenvalue weighted by atomic mass is 9.56. The van der Waals surface area contributed by atoms with Crippen molar-refractivity contribution in [3.63, 3.8) is 0 Å². The summed E-state index contributed by atoms with van der Waals surface area (Å²) >= 11 is 0. The Morgan fingerprint density at radius 3 is 2.20 bits per heavy atom. The highest BCUT2D eigenvalue weighted by Crippen LogP contribution is 2.54. The summed E-state index contributed by atoms with van der Waals surface area (Å²) in [4.78, 5) is 22.4. The van der Waals surface area contributed by atoms with Crippen LogP contribution in [0.15, 0.2) is 6.08 Å². The molecule has 0 spiro atoms. The number of carbonyl (C=O) groups is 1. The minimum absolute atomic E-state index is 0.0883. The van der Waals surface area contributed by atoms with Gasteiger partial charge in [-0.25, -0.2) is 9.59 Å². The molecule has 0 atom stereocenters. The third-order valence-electron chi connectivity index (χ3n) is 4.79. The number of fused-ring (bicyclic) bond motifs is 3. The zero-order valence-electron chi connectivity index (χ0n) is 12.8. The molecule has 112 valence electrons. The Bertz CT molecular complexity index is 405. The zero-order valence-corrected chi connectivity index (χ0v) is 12.8. The first-order valence-corrected chi connectivity index (χ1v) is 7.49. The van der Waals surface area contributed by atoms with Crippen LogP contribution in [0.25, 0.3) is 0 Å². The third kappa shape index (κ3) is 3.43. The molecule has 0 radical (unpaired) electrons. The molecule has 1 amide bonds. The molecule has 0 aromatic heterocycles. The molecule has 20 heavy (non-hydrogen) atoms. The maximum absolute atomic E-state index is 12.0. The van der Waals surface area contributed by atoms with Crippen LogP contribution in [0.2, 0.25) is 0 Å². The van der Waals surface area contributed by atoms with Gasteiger partial charge in [0.15, 0.2) is 0 Å². The predicted molar refractivity (Wildman–Crippen MR) is 77.1 cm³/mol. The summed E-state index contributed by atoms with van der Waals surface area (Å²) in [5.74, 6) is 1.89. The number of carbonyl (C=O) groups excluding carboxylic acids is 2. The number of hydrogen-bond donors (Lipinski definition) is 1. The summed E-state index contributed by atoms with van der Waals surface area (Å²) in [6.07, 6.45) is 8.32. The van der Waals surface area contributed by atoms with Gasteiger partial charge in [-0.15, -0.1) is 0 Å². The number of allylic oxidation sites excluding steroid dienone is 1. The molecule has 3 aliphatic carbocycles. The van der Waals surface area contributed by atoms with Gasteiger partial charge >= 0.3 is 6.09 Å². The molecule has 0 unspecified atom stereocenters. The number of nitrogens with one attached hydrogen (secondary N) is 1. The van der Waals surface area contributed by atoms with Gasteiger partial charge in [-0.05, 0) is 71.1 Å². The number of hydrogen-bond acceptors (Lipinski definition) is 3. The number of alkyl carbamates (subject to hydrolysis) is 1. The molecule has 0 saturated heterocycles. The van der Waals surface area contributed by atoms with Crippen molar-refractivity contribution in [3.8, 4) is 0 Å². The van der Waals surface area contributed by atoms with Crippen LogP contribution >= 0.6 is 0 Å². The Morgan fingerprint density at radius 1 is 1.20 bits per heavy atom. The largest absolute Gasteiger partial charge is 0.444 e. The monoisotopic (exact) mass is 279 g/mol. The first-order chi connectivity index (χ1) is 9.28. The van der Waals surface area contributed by atoms with E-state index in [1.165, 1.54) is 0 Å². The van der Waals surface area contributed by atoms with E-state index in [1.54, 1.807) is 6.08 Å². The molecule has 0 heterocycles. The highest BCUT2D eigenvalue weighted by atomic mass is 16.6. The Kier molecular flexibility index (Phi) is 3.97. The summed E-state index contributed by atoms with van der Waals surface area (Å²) in [5, 5.41) is 3.10. The van der Waals surface area contributed by atoms with Crippen molar-refractivity contribution in [1.29, 1.82) is 0 Å².